The van der Waals surface area contributed by atoms with Crippen LogP contribution in [0.4, 0.5) is 0 Å². The molecule has 98 valence electrons. The maximum Gasteiger partial charge on any atom is 0.255 e. The van der Waals surface area contributed by atoms with Crippen LogP contribution in [0, 0.1) is 0 Å². The predicted octanol–water partition coefficient (Wildman–Crippen LogP) is 3.46. The number of hydrogen-bond acceptors (Lipinski definition) is 2. The Hall–Kier alpha value is -0.390. The van der Waals surface area contributed by atoms with Gasteiger partial charge in [-0.3, -0.25) is 4.79 Å². The molecule has 5 heteroatoms. The number of ether oxygens (including phenoxy) is 1. The van der Waals surface area contributed by atoms with Crippen LogP contribution in [0.25, 0.3) is 0 Å². The van der Waals surface area contributed by atoms with Gasteiger partial charge in [-0.15, -0.1) is 0 Å². The highest BCUT2D eigenvalue weighted by molar-refractivity contribution is 9.11. The maximum atomic E-state index is 12.5. The van der Waals surface area contributed by atoms with E-state index < -0.39 is 0 Å². The van der Waals surface area contributed by atoms with Crippen molar-refractivity contribution in [2.24, 2.45) is 0 Å². The largest absolute Gasteiger partial charge is 0.375 e. The molecule has 2 rings (SSSR count). The van der Waals surface area contributed by atoms with Gasteiger partial charge in [0.15, 0.2) is 0 Å². The fraction of sp³-hybridized carbons (Fsp3) is 0.462. The summed E-state index contributed by atoms with van der Waals surface area (Å²) in [5.41, 5.74) is 0.685. The molecular weight excluding hydrogens is 362 g/mol. The fourth-order valence-corrected chi connectivity index (χ4v) is 2.78. The van der Waals surface area contributed by atoms with E-state index in [1.165, 1.54) is 0 Å². The number of morpholine rings is 1. The van der Waals surface area contributed by atoms with Gasteiger partial charge in [0.25, 0.3) is 5.91 Å². The molecule has 1 aromatic rings. The molecule has 1 aliphatic rings. The van der Waals surface area contributed by atoms with Crippen LogP contribution in [0.15, 0.2) is 27.1 Å². The van der Waals surface area contributed by atoms with Crippen molar-refractivity contribution in [1.82, 2.24) is 4.90 Å². The first kappa shape index (κ1) is 14.0. The Bertz CT molecular complexity index is 464. The van der Waals surface area contributed by atoms with E-state index in [-0.39, 0.29) is 18.1 Å². The third-order valence-corrected chi connectivity index (χ3v) is 4.21. The third-order valence-electron chi connectivity index (χ3n) is 3.03. The number of halogens is 2. The second-order valence-corrected chi connectivity index (χ2v) is 6.34. The third kappa shape index (κ3) is 2.95. The normalized spacial score (nSPS) is 24.1. The molecule has 1 fully saturated rings. The van der Waals surface area contributed by atoms with Crippen molar-refractivity contribution in [3.05, 3.63) is 32.7 Å². The maximum absolute atomic E-state index is 12.5. The van der Waals surface area contributed by atoms with Crippen LogP contribution in [0.2, 0.25) is 0 Å². The van der Waals surface area contributed by atoms with Crippen molar-refractivity contribution in [3.8, 4) is 0 Å². The monoisotopic (exact) mass is 375 g/mol. The second-order valence-electron chi connectivity index (χ2n) is 4.57. The first-order valence-corrected chi connectivity index (χ1v) is 7.45. The first-order chi connectivity index (χ1) is 8.49. The zero-order valence-corrected chi connectivity index (χ0v) is 13.5. The van der Waals surface area contributed by atoms with Crippen LogP contribution >= 0.6 is 31.9 Å². The lowest BCUT2D eigenvalue weighted by molar-refractivity contribution is -0.0387. The van der Waals surface area contributed by atoms with Gasteiger partial charge in [-0.25, -0.2) is 0 Å². The van der Waals surface area contributed by atoms with E-state index in [0.717, 1.165) is 8.95 Å². The zero-order chi connectivity index (χ0) is 13.3. The first-order valence-electron chi connectivity index (χ1n) is 5.86. The van der Waals surface area contributed by atoms with Crippen LogP contribution in [0.3, 0.4) is 0 Å². The van der Waals surface area contributed by atoms with Gasteiger partial charge in [0.05, 0.1) is 24.3 Å². The Kier molecular flexibility index (Phi) is 4.45. The molecule has 0 N–H and O–H groups in total. The van der Waals surface area contributed by atoms with Crippen LogP contribution in [0.1, 0.15) is 24.2 Å². The van der Waals surface area contributed by atoms with Crippen LogP contribution < -0.4 is 0 Å². The molecule has 3 nitrogen and oxygen atoms in total. The molecule has 0 aliphatic carbocycles. The van der Waals surface area contributed by atoms with Crippen LogP contribution in [-0.2, 0) is 4.74 Å². The van der Waals surface area contributed by atoms with Crippen molar-refractivity contribution in [1.29, 1.82) is 0 Å². The molecule has 0 spiro atoms. The number of carbonyl (C=O) groups is 1. The lowest BCUT2D eigenvalue weighted by Crippen LogP contribution is -2.50. The molecule has 2 unspecified atom stereocenters. The number of benzene rings is 1. The molecule has 1 saturated heterocycles. The molecule has 1 heterocycles. The van der Waals surface area contributed by atoms with Crippen molar-refractivity contribution < 1.29 is 9.53 Å². The van der Waals surface area contributed by atoms with E-state index in [0.29, 0.717) is 18.7 Å². The molecule has 1 aromatic carbocycles. The van der Waals surface area contributed by atoms with Crippen molar-refractivity contribution in [2.75, 3.05) is 13.2 Å². The Balaban J connectivity index is 2.27. The summed E-state index contributed by atoms with van der Waals surface area (Å²) in [6.45, 7) is 5.23. The lowest BCUT2D eigenvalue weighted by Gasteiger charge is -2.37. The molecule has 1 aliphatic heterocycles. The highest BCUT2D eigenvalue weighted by Gasteiger charge is 2.29. The van der Waals surface area contributed by atoms with E-state index in [9.17, 15) is 4.79 Å². The molecule has 1 amide bonds. The van der Waals surface area contributed by atoms with Gasteiger partial charge >= 0.3 is 0 Å². The highest BCUT2D eigenvalue weighted by atomic mass is 79.9. The SMILES string of the molecule is CC1CN(C(=O)c2cc(Br)ccc2Br)C(C)CO1. The van der Waals surface area contributed by atoms with E-state index >= 15 is 0 Å². The summed E-state index contributed by atoms with van der Waals surface area (Å²) in [7, 11) is 0. The van der Waals surface area contributed by atoms with Gasteiger partial charge in [0, 0.05) is 15.5 Å². The molecule has 0 saturated carbocycles. The molecule has 0 aromatic heterocycles. The van der Waals surface area contributed by atoms with Gasteiger partial charge in [0.2, 0.25) is 0 Å². The Morgan fingerprint density at radius 1 is 1.39 bits per heavy atom. The average molecular weight is 377 g/mol. The zero-order valence-electron chi connectivity index (χ0n) is 10.3. The summed E-state index contributed by atoms with van der Waals surface area (Å²) in [5, 5.41) is 0. The van der Waals surface area contributed by atoms with Crippen LogP contribution in [0.5, 0.6) is 0 Å². The van der Waals surface area contributed by atoms with Crippen LogP contribution in [-0.4, -0.2) is 36.1 Å². The summed E-state index contributed by atoms with van der Waals surface area (Å²) in [6, 6.07) is 5.75. The average Bonchev–Trinajstić information content (AvgIpc) is 2.34. The van der Waals surface area contributed by atoms with Crippen molar-refractivity contribution in [2.45, 2.75) is 26.0 Å². The number of hydrogen-bond donors (Lipinski definition) is 0. The summed E-state index contributed by atoms with van der Waals surface area (Å²) in [6.07, 6.45) is 0.0936. The Morgan fingerprint density at radius 3 is 2.83 bits per heavy atom. The summed E-state index contributed by atoms with van der Waals surface area (Å²) < 4.78 is 7.27. The predicted molar refractivity (Wildman–Crippen MR) is 77.8 cm³/mol. The molecule has 2 atom stereocenters. The van der Waals surface area contributed by atoms with Gasteiger partial charge in [0.1, 0.15) is 0 Å². The van der Waals surface area contributed by atoms with E-state index in [2.05, 4.69) is 31.9 Å². The summed E-state index contributed by atoms with van der Waals surface area (Å²) in [4.78, 5) is 14.4. The van der Waals surface area contributed by atoms with Gasteiger partial charge in [-0.2, -0.15) is 0 Å². The smallest absolute Gasteiger partial charge is 0.255 e. The van der Waals surface area contributed by atoms with Gasteiger partial charge in [-0.1, -0.05) is 15.9 Å². The Morgan fingerprint density at radius 2 is 2.11 bits per heavy atom. The lowest BCUT2D eigenvalue weighted by atomic mass is 10.1. The quantitative estimate of drug-likeness (QED) is 0.751. The minimum atomic E-state index is 0.0471. The second kappa shape index (κ2) is 5.72. The molecule has 0 radical (unpaired) electrons. The fourth-order valence-electron chi connectivity index (χ4n) is 2.00. The Labute approximate surface area is 124 Å². The summed E-state index contributed by atoms with van der Waals surface area (Å²) >= 11 is 6.83. The standard InChI is InChI=1S/C13H15Br2NO2/c1-8-7-18-9(2)6-16(8)13(17)11-5-10(14)3-4-12(11)15/h3-5,8-9H,6-7H2,1-2H3. The summed E-state index contributed by atoms with van der Waals surface area (Å²) in [5.74, 6) is 0.0471. The number of rotatable bonds is 1. The number of carbonyl (C=O) groups excluding carboxylic acids is 1. The molecule has 18 heavy (non-hydrogen) atoms. The minimum absolute atomic E-state index is 0.0471. The highest BCUT2D eigenvalue weighted by Crippen LogP contribution is 2.24. The number of nitrogens with zero attached hydrogens (tertiary/aromatic N) is 1. The topological polar surface area (TPSA) is 29.5 Å². The number of amides is 1. The van der Waals surface area contributed by atoms with E-state index in [1.54, 1.807) is 0 Å². The van der Waals surface area contributed by atoms with Crippen molar-refractivity contribution in [3.63, 3.8) is 0 Å². The van der Waals surface area contributed by atoms with Gasteiger partial charge in [-0.05, 0) is 48.0 Å². The van der Waals surface area contributed by atoms with E-state index in [1.807, 2.05) is 36.9 Å². The van der Waals surface area contributed by atoms with Crippen molar-refractivity contribution >= 4 is 37.8 Å². The van der Waals surface area contributed by atoms with E-state index in [4.69, 9.17) is 4.74 Å². The van der Waals surface area contributed by atoms with Gasteiger partial charge < -0.3 is 9.64 Å². The molecular formula is C13H15Br2NO2. The molecule has 0 bridgehead atoms. The minimum Gasteiger partial charge on any atom is -0.375 e.